The molecule has 3 fully saturated rings. The Morgan fingerprint density at radius 1 is 0.910 bits per heavy atom. The molecule has 6 rings (SSSR count). The van der Waals surface area contributed by atoms with E-state index in [1.54, 1.807) is 52.2 Å². The number of esters is 2. The second kappa shape index (κ2) is 26.3. The van der Waals surface area contributed by atoms with Crippen molar-refractivity contribution in [1.82, 2.24) is 14.8 Å². The van der Waals surface area contributed by atoms with Gasteiger partial charge in [0, 0.05) is 74.7 Å². The maximum absolute atomic E-state index is 14.6. The van der Waals surface area contributed by atoms with Gasteiger partial charge in [-0.3, -0.25) is 19.2 Å². The summed E-state index contributed by atoms with van der Waals surface area (Å²) in [6.45, 7) is 18.9. The smallest absolute Gasteiger partial charge is 0.341 e. The molecule has 5 heterocycles. The molecule has 2 aromatic rings. The fraction of sp³-hybridized carbons (Fsp3) is 0.772. The number of benzene rings is 1. The van der Waals surface area contributed by atoms with E-state index in [1.165, 1.54) is 34.3 Å². The summed E-state index contributed by atoms with van der Waals surface area (Å²) in [5.41, 5.74) is -2.97. The number of aliphatic hydroxyl groups excluding tert-OH is 2. The predicted octanol–water partition coefficient (Wildman–Crippen LogP) is 4.15. The lowest BCUT2D eigenvalue weighted by Gasteiger charge is -2.50. The lowest BCUT2D eigenvalue weighted by molar-refractivity contribution is -0.320. The molecule has 440 valence electrons. The second-order valence-corrected chi connectivity index (χ2v) is 23.3. The van der Waals surface area contributed by atoms with Gasteiger partial charge in [-0.15, -0.1) is 0 Å². The SMILES string of the molecule is CC[C@H]1OC(=O)[C@H](C)[C@@H](O[C@H]2C[C@@](C)(OC)[C@@H](OC(=O)CCNCCCc3cc4c5c(c3)c(=O)c(C(=O)O)cn5CCOC4)[C@H](C)O2)[C@H](C)[C@@H](O[C@@H]2O[C@H](C)C[C@H](N(C)C)[C@H]2O)[C@](C)(OC)C[C@@H](C)C(=O)[C@H](C)[C@@H](O)[C@]1(C)O. The number of aryl methyl sites for hydroxylation is 1. The average molecular weight is 1100 g/mol. The van der Waals surface area contributed by atoms with E-state index in [0.717, 1.165) is 11.1 Å². The summed E-state index contributed by atoms with van der Waals surface area (Å²) in [5.74, 6) is -6.63. The van der Waals surface area contributed by atoms with Crippen LogP contribution in [0.3, 0.4) is 0 Å². The van der Waals surface area contributed by atoms with Crippen LogP contribution in [0.1, 0.15) is 129 Å². The van der Waals surface area contributed by atoms with Crippen LogP contribution in [0.4, 0.5) is 0 Å². The molecule has 4 aliphatic rings. The number of Topliss-reactive ketones (excluding diaryl/α,β-unsaturated/α-hetero) is 1. The third kappa shape index (κ3) is 13.8. The minimum Gasteiger partial charge on any atom is -0.477 e. The summed E-state index contributed by atoms with van der Waals surface area (Å²) in [5, 5.41) is 48.6. The number of carbonyl (C=O) groups excluding carboxylic acids is 3. The zero-order chi connectivity index (χ0) is 57.8. The molecular formula is C57H89N3O18. The lowest BCUT2D eigenvalue weighted by Crippen LogP contribution is -2.61. The van der Waals surface area contributed by atoms with Crippen molar-refractivity contribution in [2.75, 3.05) is 48.0 Å². The van der Waals surface area contributed by atoms with Crippen LogP contribution in [-0.4, -0.2) is 186 Å². The molecule has 0 amide bonds. The molecule has 21 nitrogen and oxygen atoms in total. The number of hydrogen-bond donors (Lipinski definition) is 5. The topological polar surface area (TPSA) is 270 Å². The van der Waals surface area contributed by atoms with Gasteiger partial charge in [0.2, 0.25) is 5.43 Å². The van der Waals surface area contributed by atoms with Gasteiger partial charge in [-0.2, -0.15) is 0 Å². The summed E-state index contributed by atoms with van der Waals surface area (Å²) in [6.07, 6.45) is -6.99. The molecular weight excluding hydrogens is 1010 g/mol. The Morgan fingerprint density at radius 2 is 1.59 bits per heavy atom. The van der Waals surface area contributed by atoms with E-state index in [9.17, 15) is 44.4 Å². The quantitative estimate of drug-likeness (QED) is 0.110. The number of nitrogens with one attached hydrogen (secondary N) is 1. The standard InChI is InChI=1S/C57H89N3O18/c1-15-41-57(10,69)49(65)32(4)45(62)30(2)26-55(8,70-13)50(78-54-47(64)40(59(11)12)23-31(3)73-54)33(5)48(34(6)53(68)75-41)77-43-27-56(9,71-14)51(35(7)74-43)76-42(61)18-20-58-19-16-17-36-24-37-29-72-22-21-60-28-39(52(66)67)46(63)38(25-36)44(37)60/h24-25,28,30-35,40-41,43,47-51,54,58,64-65,69H,15-23,26-27,29H2,1-14H3,(H,66,67)/t30-,31-,32+,33+,34-,35+,40+,41-,43+,47-,48+,49-,50-,51+,54+,55-,56-,57-/m1/s1. The van der Waals surface area contributed by atoms with Crippen LogP contribution in [0.15, 0.2) is 23.1 Å². The van der Waals surface area contributed by atoms with Gasteiger partial charge < -0.3 is 77.8 Å². The van der Waals surface area contributed by atoms with Crippen LogP contribution >= 0.6 is 0 Å². The Bertz CT molecular complexity index is 2470. The van der Waals surface area contributed by atoms with E-state index in [2.05, 4.69) is 5.32 Å². The molecule has 5 N–H and O–H groups in total. The van der Waals surface area contributed by atoms with Crippen molar-refractivity contribution in [2.24, 2.45) is 23.7 Å². The zero-order valence-electron chi connectivity index (χ0n) is 48.3. The first-order valence-corrected chi connectivity index (χ1v) is 27.7. The van der Waals surface area contributed by atoms with Crippen molar-refractivity contribution in [3.8, 4) is 0 Å². The van der Waals surface area contributed by atoms with Crippen LogP contribution in [0.2, 0.25) is 0 Å². The summed E-state index contributed by atoms with van der Waals surface area (Å²) < 4.78 is 58.9. The number of pyridine rings is 1. The van der Waals surface area contributed by atoms with Crippen molar-refractivity contribution in [3.05, 3.63) is 45.2 Å². The van der Waals surface area contributed by atoms with E-state index in [-0.39, 0.29) is 49.2 Å². The van der Waals surface area contributed by atoms with Gasteiger partial charge in [0.1, 0.15) is 34.8 Å². The molecule has 0 radical (unpaired) electrons. The summed E-state index contributed by atoms with van der Waals surface area (Å²) >= 11 is 0. The number of ketones is 1. The minimum absolute atomic E-state index is 0.0239. The van der Waals surface area contributed by atoms with Crippen LogP contribution in [0.25, 0.3) is 10.9 Å². The van der Waals surface area contributed by atoms with Crippen molar-refractivity contribution in [2.45, 2.75) is 212 Å². The van der Waals surface area contributed by atoms with Gasteiger partial charge in [0.25, 0.3) is 0 Å². The molecule has 4 aliphatic heterocycles. The molecule has 0 unspecified atom stereocenters. The van der Waals surface area contributed by atoms with Gasteiger partial charge in [-0.1, -0.05) is 33.8 Å². The summed E-state index contributed by atoms with van der Waals surface area (Å²) in [4.78, 5) is 69.4. The molecule has 0 spiro atoms. The second-order valence-electron chi connectivity index (χ2n) is 23.3. The number of aromatic carboxylic acids is 1. The molecule has 3 saturated heterocycles. The number of carboxylic acids is 1. The Morgan fingerprint density at radius 3 is 2.23 bits per heavy atom. The van der Waals surface area contributed by atoms with Crippen molar-refractivity contribution in [1.29, 1.82) is 0 Å². The first kappa shape index (κ1) is 63.2. The Hall–Kier alpha value is -3.97. The van der Waals surface area contributed by atoms with E-state index in [4.69, 9.17) is 42.6 Å². The number of nitrogens with zero attached hydrogens (tertiary/aromatic N) is 2. The molecule has 0 aliphatic carbocycles. The highest BCUT2D eigenvalue weighted by atomic mass is 16.7. The maximum Gasteiger partial charge on any atom is 0.341 e. The van der Waals surface area contributed by atoms with Crippen molar-refractivity contribution < 1.29 is 82.2 Å². The zero-order valence-corrected chi connectivity index (χ0v) is 48.3. The van der Waals surface area contributed by atoms with E-state index >= 15 is 0 Å². The van der Waals surface area contributed by atoms with E-state index < -0.39 is 119 Å². The van der Waals surface area contributed by atoms with E-state index in [0.29, 0.717) is 63.0 Å². The predicted molar refractivity (Wildman–Crippen MR) is 286 cm³/mol. The fourth-order valence-electron chi connectivity index (χ4n) is 12.4. The van der Waals surface area contributed by atoms with Gasteiger partial charge in [0.05, 0.1) is 67.2 Å². The monoisotopic (exact) mass is 1100 g/mol. The molecule has 0 saturated carbocycles. The molecule has 21 heteroatoms. The highest BCUT2D eigenvalue weighted by Gasteiger charge is 2.55. The average Bonchev–Trinajstić information content (AvgIpc) is 3.68. The van der Waals surface area contributed by atoms with Gasteiger partial charge in [0.15, 0.2) is 18.7 Å². The maximum atomic E-state index is 14.6. The normalized spacial score (nSPS) is 37.4. The Kier molecular flexibility index (Phi) is 21.3. The Labute approximate surface area is 458 Å². The number of ether oxygens (including phenoxy) is 9. The van der Waals surface area contributed by atoms with Gasteiger partial charge in [-0.25, -0.2) is 4.79 Å². The van der Waals surface area contributed by atoms with E-state index in [1.807, 2.05) is 38.9 Å². The van der Waals surface area contributed by atoms with Gasteiger partial charge >= 0.3 is 17.9 Å². The van der Waals surface area contributed by atoms with Crippen LogP contribution in [-0.2, 0) is 76.6 Å². The molecule has 1 aromatic carbocycles. The molecule has 0 bridgehead atoms. The van der Waals surface area contributed by atoms with Crippen LogP contribution in [0, 0.1) is 23.7 Å². The number of aliphatic hydroxyl groups is 3. The first-order chi connectivity index (χ1) is 36.6. The van der Waals surface area contributed by atoms with Gasteiger partial charge in [-0.05, 0) is 106 Å². The number of hydrogen-bond acceptors (Lipinski definition) is 19. The molecule has 18 atom stereocenters. The number of carboxylic acid groups (broad SMARTS) is 1. The Balaban J connectivity index is 1.19. The highest BCUT2D eigenvalue weighted by molar-refractivity contribution is 5.93. The number of cyclic esters (lactones) is 1. The van der Waals surface area contributed by atoms with Crippen LogP contribution < -0.4 is 10.7 Å². The fourth-order valence-corrected chi connectivity index (χ4v) is 12.4. The molecule has 1 aromatic heterocycles. The lowest BCUT2D eigenvalue weighted by atomic mass is 9.74. The number of methoxy groups -OCH3 is 2. The summed E-state index contributed by atoms with van der Waals surface area (Å²) in [6, 6.07) is 3.41. The number of likely N-dealkylation sites (N-methyl/N-ethyl adjacent to an activating group) is 1. The number of carbonyl (C=O) groups is 4. The largest absolute Gasteiger partial charge is 0.477 e. The van der Waals surface area contributed by atoms with Crippen molar-refractivity contribution in [3.63, 3.8) is 0 Å². The summed E-state index contributed by atoms with van der Waals surface area (Å²) in [7, 11) is 6.72. The van der Waals surface area contributed by atoms with Crippen LogP contribution in [0.5, 0.6) is 0 Å². The third-order valence-electron chi connectivity index (χ3n) is 17.1. The minimum atomic E-state index is -2.03. The highest BCUT2D eigenvalue weighted by Crippen LogP contribution is 2.42. The third-order valence-corrected chi connectivity index (χ3v) is 17.1. The molecule has 78 heavy (non-hydrogen) atoms. The number of rotatable bonds is 17. The van der Waals surface area contributed by atoms with Crippen molar-refractivity contribution >= 4 is 34.6 Å². The number of aromatic nitrogens is 1. The first-order valence-electron chi connectivity index (χ1n) is 27.7.